The Bertz CT molecular complexity index is 663. The van der Waals surface area contributed by atoms with E-state index in [1.807, 2.05) is 67.2 Å². The van der Waals surface area contributed by atoms with Gasteiger partial charge in [-0.25, -0.2) is 4.58 Å². The molecule has 1 aliphatic rings. The summed E-state index contributed by atoms with van der Waals surface area (Å²) in [5, 5.41) is 15.6. The van der Waals surface area contributed by atoms with E-state index in [1.165, 1.54) is 0 Å². The maximum atomic E-state index is 11.5. The molecular formula is C17H19ClN2OS. The van der Waals surface area contributed by atoms with Crippen LogP contribution in [0.1, 0.15) is 16.4 Å². The van der Waals surface area contributed by atoms with Crippen molar-refractivity contribution in [1.82, 2.24) is 5.32 Å². The highest BCUT2D eigenvalue weighted by atomic mass is 35.5. The van der Waals surface area contributed by atoms with Gasteiger partial charge in [0.15, 0.2) is 0 Å². The SMILES string of the molecule is CNC1=[N+](C)C(O)(c2ccccc2)C(c2ccccc2)S1.[Cl-]. The number of rotatable bonds is 2. The zero-order valence-electron chi connectivity index (χ0n) is 12.5. The predicted molar refractivity (Wildman–Crippen MR) is 87.4 cm³/mol. The van der Waals surface area contributed by atoms with Gasteiger partial charge in [-0.15, -0.1) is 0 Å². The molecule has 0 radical (unpaired) electrons. The molecule has 116 valence electrons. The summed E-state index contributed by atoms with van der Waals surface area (Å²) < 4.78 is 1.92. The van der Waals surface area contributed by atoms with Gasteiger partial charge >= 0.3 is 5.17 Å². The Balaban J connectivity index is 0.00000176. The lowest BCUT2D eigenvalue weighted by atomic mass is 9.94. The van der Waals surface area contributed by atoms with Crippen LogP contribution in [0.2, 0.25) is 0 Å². The molecule has 2 atom stereocenters. The number of nitrogens with one attached hydrogen (secondary N) is 1. The van der Waals surface area contributed by atoms with Gasteiger partial charge in [0.05, 0.1) is 14.1 Å². The van der Waals surface area contributed by atoms with Gasteiger partial charge in [-0.1, -0.05) is 60.7 Å². The Labute approximate surface area is 141 Å². The lowest BCUT2D eigenvalue weighted by Gasteiger charge is -2.28. The van der Waals surface area contributed by atoms with Gasteiger partial charge in [-0.05, 0) is 17.3 Å². The third kappa shape index (κ3) is 2.62. The Morgan fingerprint density at radius 3 is 2.14 bits per heavy atom. The first-order chi connectivity index (χ1) is 10.2. The predicted octanol–water partition coefficient (Wildman–Crippen LogP) is -0.458. The molecule has 22 heavy (non-hydrogen) atoms. The minimum atomic E-state index is -1.06. The second-order valence-electron chi connectivity index (χ2n) is 5.11. The van der Waals surface area contributed by atoms with Crippen molar-refractivity contribution >= 4 is 16.9 Å². The van der Waals surface area contributed by atoms with Crippen molar-refractivity contribution in [2.45, 2.75) is 11.0 Å². The lowest BCUT2D eigenvalue weighted by molar-refractivity contribution is -0.644. The highest BCUT2D eigenvalue weighted by Crippen LogP contribution is 2.49. The molecule has 1 heterocycles. The fourth-order valence-electron chi connectivity index (χ4n) is 2.79. The van der Waals surface area contributed by atoms with Crippen LogP contribution >= 0.6 is 11.8 Å². The third-order valence-electron chi connectivity index (χ3n) is 3.93. The number of thioether (sulfide) groups is 1. The fourth-order valence-corrected chi connectivity index (χ4v) is 4.18. The number of nitrogens with zero attached hydrogens (tertiary/aromatic N) is 1. The van der Waals surface area contributed by atoms with Gasteiger partial charge in [0.1, 0.15) is 5.25 Å². The van der Waals surface area contributed by atoms with E-state index < -0.39 is 5.72 Å². The minimum Gasteiger partial charge on any atom is -1.00 e. The molecule has 0 fully saturated rings. The largest absolute Gasteiger partial charge is 1.00 e. The van der Waals surface area contributed by atoms with Crippen molar-refractivity contribution in [3.8, 4) is 0 Å². The lowest BCUT2D eigenvalue weighted by Crippen LogP contribution is -3.00. The summed E-state index contributed by atoms with van der Waals surface area (Å²) in [6.45, 7) is 0. The van der Waals surface area contributed by atoms with Crippen molar-refractivity contribution in [1.29, 1.82) is 0 Å². The molecule has 0 aliphatic carbocycles. The van der Waals surface area contributed by atoms with Crippen molar-refractivity contribution < 1.29 is 22.1 Å². The molecule has 5 heteroatoms. The Hall–Kier alpha value is -1.49. The van der Waals surface area contributed by atoms with E-state index in [0.29, 0.717) is 0 Å². The first-order valence-corrected chi connectivity index (χ1v) is 7.84. The molecular weight excluding hydrogens is 316 g/mol. The first-order valence-electron chi connectivity index (χ1n) is 6.96. The number of aliphatic hydroxyl groups is 1. The first kappa shape index (κ1) is 16.9. The van der Waals surface area contributed by atoms with Crippen molar-refractivity contribution in [3.63, 3.8) is 0 Å². The summed E-state index contributed by atoms with van der Waals surface area (Å²) in [4.78, 5) is 0. The molecule has 3 nitrogen and oxygen atoms in total. The average molecular weight is 335 g/mol. The molecule has 2 N–H and O–H groups in total. The van der Waals surface area contributed by atoms with Crippen LogP contribution in [0, 0.1) is 0 Å². The zero-order valence-corrected chi connectivity index (χ0v) is 14.1. The van der Waals surface area contributed by atoms with Crippen LogP contribution in [0.4, 0.5) is 0 Å². The average Bonchev–Trinajstić information content (AvgIpc) is 2.82. The van der Waals surface area contributed by atoms with E-state index >= 15 is 0 Å². The molecule has 0 bridgehead atoms. The Kier molecular flexibility index (Phi) is 5.16. The van der Waals surface area contributed by atoms with Gasteiger partial charge in [-0.3, -0.25) is 5.32 Å². The van der Waals surface area contributed by atoms with Crippen molar-refractivity contribution in [2.24, 2.45) is 0 Å². The van der Waals surface area contributed by atoms with E-state index in [-0.39, 0.29) is 17.7 Å². The van der Waals surface area contributed by atoms with Crippen LogP contribution in [-0.4, -0.2) is 28.9 Å². The number of hydrogen-bond donors (Lipinski definition) is 2. The van der Waals surface area contributed by atoms with E-state index in [9.17, 15) is 5.11 Å². The summed E-state index contributed by atoms with van der Waals surface area (Å²) in [7, 11) is 3.81. The van der Waals surface area contributed by atoms with E-state index in [4.69, 9.17) is 0 Å². The van der Waals surface area contributed by atoms with Gasteiger partial charge in [0.2, 0.25) is 5.72 Å². The van der Waals surface area contributed by atoms with Crippen LogP contribution in [0.15, 0.2) is 60.7 Å². The molecule has 3 rings (SSSR count). The fraction of sp³-hybridized carbons (Fsp3) is 0.235. The maximum Gasteiger partial charge on any atom is 0.309 e. The molecule has 0 amide bonds. The second-order valence-corrected chi connectivity index (χ2v) is 6.21. The smallest absolute Gasteiger partial charge is 0.309 e. The standard InChI is InChI=1S/C17H18N2OS.ClH/c1-18-16-19(2)17(20,14-11-7-4-8-12-14)15(21-16)13-9-5-3-6-10-13;/h3-12,15,20H,1-2H3;1H. The van der Waals surface area contributed by atoms with Crippen LogP contribution in [0.5, 0.6) is 0 Å². The summed E-state index contributed by atoms with van der Waals surface area (Å²) >= 11 is 1.66. The molecule has 0 saturated carbocycles. The van der Waals surface area contributed by atoms with Crippen LogP contribution in [0.3, 0.4) is 0 Å². The highest BCUT2D eigenvalue weighted by Gasteiger charge is 2.53. The molecule has 2 aromatic carbocycles. The van der Waals surface area contributed by atoms with Crippen LogP contribution in [-0.2, 0) is 5.72 Å². The van der Waals surface area contributed by atoms with Crippen molar-refractivity contribution in [3.05, 3.63) is 71.8 Å². The second kappa shape index (κ2) is 6.73. The molecule has 0 saturated heterocycles. The molecule has 2 aromatic rings. The monoisotopic (exact) mass is 334 g/mol. The Morgan fingerprint density at radius 1 is 1.05 bits per heavy atom. The van der Waals surface area contributed by atoms with Crippen LogP contribution in [0.25, 0.3) is 0 Å². The number of benzene rings is 2. The quantitative estimate of drug-likeness (QED) is 0.730. The number of likely N-dealkylation sites (N-methyl/N-ethyl adjacent to an activating group) is 1. The number of amidine groups is 1. The summed E-state index contributed by atoms with van der Waals surface area (Å²) in [5.41, 5.74) is 0.955. The molecule has 1 aliphatic heterocycles. The van der Waals surface area contributed by atoms with Crippen LogP contribution < -0.4 is 17.7 Å². The molecule has 0 spiro atoms. The maximum absolute atomic E-state index is 11.5. The van der Waals surface area contributed by atoms with Gasteiger partial charge in [0, 0.05) is 5.56 Å². The number of halogens is 1. The molecule has 2 unspecified atom stereocenters. The van der Waals surface area contributed by atoms with E-state index in [1.54, 1.807) is 11.8 Å². The topological polar surface area (TPSA) is 35.3 Å². The minimum absolute atomic E-state index is 0. The van der Waals surface area contributed by atoms with Gasteiger partial charge in [0.25, 0.3) is 0 Å². The number of hydrogen-bond acceptors (Lipinski definition) is 3. The molecule has 0 aromatic heterocycles. The Morgan fingerprint density at radius 2 is 1.59 bits per heavy atom. The van der Waals surface area contributed by atoms with E-state index in [0.717, 1.165) is 16.3 Å². The normalized spacial score (nSPS) is 24.0. The van der Waals surface area contributed by atoms with Gasteiger partial charge in [-0.2, -0.15) is 0 Å². The summed E-state index contributed by atoms with van der Waals surface area (Å²) in [6, 6.07) is 20.0. The zero-order chi connectivity index (χ0) is 14.9. The summed E-state index contributed by atoms with van der Waals surface area (Å²) in [6.07, 6.45) is 0. The van der Waals surface area contributed by atoms with E-state index in [2.05, 4.69) is 17.4 Å². The van der Waals surface area contributed by atoms with Gasteiger partial charge < -0.3 is 17.5 Å². The highest BCUT2D eigenvalue weighted by molar-refractivity contribution is 8.14. The summed E-state index contributed by atoms with van der Waals surface area (Å²) in [5.74, 6) is 0. The van der Waals surface area contributed by atoms with Crippen molar-refractivity contribution in [2.75, 3.05) is 14.1 Å². The third-order valence-corrected chi connectivity index (χ3v) is 5.46.